The van der Waals surface area contributed by atoms with E-state index < -0.39 is 0 Å². The number of nitrogens with one attached hydrogen (secondary N) is 2. The second kappa shape index (κ2) is 4.44. The highest BCUT2D eigenvalue weighted by atomic mass is 15.3. The number of hydrogen-bond acceptors (Lipinski definition) is 4. The highest BCUT2D eigenvalue weighted by Gasteiger charge is 2.31. The van der Waals surface area contributed by atoms with Crippen molar-refractivity contribution < 1.29 is 9.15 Å². The van der Waals surface area contributed by atoms with Crippen LogP contribution in [0.4, 0.5) is 11.6 Å². The number of nitrogens with zero attached hydrogens (tertiary/aromatic N) is 6. The van der Waals surface area contributed by atoms with Crippen molar-refractivity contribution in [2.24, 2.45) is 20.0 Å². The Bertz CT molecular complexity index is 1160. The number of aromatic amines is 2. The van der Waals surface area contributed by atoms with E-state index in [1.807, 2.05) is 48.6 Å². The maximum atomic E-state index is 4.70. The number of fused-ring (bicyclic) bond motifs is 4. The molecule has 0 radical (unpaired) electrons. The molecule has 0 fully saturated rings. The molecule has 25 heavy (non-hydrogen) atoms. The van der Waals surface area contributed by atoms with Crippen LogP contribution < -0.4 is 11.0 Å². The molecule has 2 N–H and O–H groups in total. The lowest BCUT2D eigenvalue weighted by molar-refractivity contribution is -0.621. The first-order chi connectivity index (χ1) is 12.3. The first kappa shape index (κ1) is 12.7. The van der Waals surface area contributed by atoms with Gasteiger partial charge in [0.2, 0.25) is 22.6 Å². The normalized spacial score (nSPS) is 19.5. The highest BCUT2D eigenvalue weighted by molar-refractivity contribution is 6.07. The minimum atomic E-state index is 0.538. The second-order valence-corrected chi connectivity index (χ2v) is 6.00. The molecule has 8 nitrogen and oxygen atoms in total. The lowest BCUT2D eigenvalue weighted by atomic mass is 10.5. The molecule has 0 unspecified atom stereocenters. The van der Waals surface area contributed by atoms with Crippen LogP contribution in [0, 0.1) is 0 Å². The van der Waals surface area contributed by atoms with Crippen molar-refractivity contribution in [2.45, 2.75) is 0 Å². The van der Waals surface area contributed by atoms with Gasteiger partial charge in [-0.2, -0.15) is 9.15 Å². The van der Waals surface area contributed by atoms with Gasteiger partial charge >= 0.3 is 0 Å². The zero-order valence-electron chi connectivity index (χ0n) is 13.0. The predicted molar refractivity (Wildman–Crippen MR) is 91.8 cm³/mol. The van der Waals surface area contributed by atoms with Gasteiger partial charge in [-0.15, -0.1) is 0 Å². The van der Waals surface area contributed by atoms with E-state index in [4.69, 9.17) is 20.0 Å². The Balaban J connectivity index is 1.75. The van der Waals surface area contributed by atoms with Gasteiger partial charge in [0.25, 0.3) is 23.3 Å². The fourth-order valence-corrected chi connectivity index (χ4v) is 3.21. The maximum Gasteiger partial charge on any atom is 0.268 e. The van der Waals surface area contributed by atoms with Crippen molar-refractivity contribution in [2.75, 3.05) is 6.67 Å². The highest BCUT2D eigenvalue weighted by Crippen LogP contribution is 2.21. The van der Waals surface area contributed by atoms with Crippen LogP contribution in [-0.2, 0) is 0 Å². The first-order valence-electron chi connectivity index (χ1n) is 7.96. The van der Waals surface area contributed by atoms with Crippen molar-refractivity contribution in [3.63, 3.8) is 0 Å². The smallest absolute Gasteiger partial charge is 0.268 e. The molecule has 0 spiro atoms. The molecule has 8 heteroatoms. The summed E-state index contributed by atoms with van der Waals surface area (Å²) in [5.41, 5.74) is 1.53. The van der Waals surface area contributed by atoms with Crippen LogP contribution >= 0.6 is 0 Å². The summed E-state index contributed by atoms with van der Waals surface area (Å²) in [6.45, 7) is 0.538. The van der Waals surface area contributed by atoms with Crippen LogP contribution in [0.1, 0.15) is 0 Å². The molecule has 0 saturated carbocycles. The van der Waals surface area contributed by atoms with Crippen LogP contribution in [0.15, 0.2) is 68.5 Å². The zero-order valence-corrected chi connectivity index (χ0v) is 13.0. The van der Waals surface area contributed by atoms with E-state index >= 15 is 0 Å². The van der Waals surface area contributed by atoms with Gasteiger partial charge < -0.3 is 0 Å². The molecule has 6 heterocycles. The Kier molecular flexibility index (Phi) is 2.26. The van der Waals surface area contributed by atoms with Gasteiger partial charge in [-0.3, -0.25) is 9.97 Å². The number of rotatable bonds is 0. The maximum absolute atomic E-state index is 4.70. The summed E-state index contributed by atoms with van der Waals surface area (Å²) in [5, 5.41) is 0. The van der Waals surface area contributed by atoms with E-state index in [2.05, 4.69) is 19.1 Å². The second-order valence-electron chi connectivity index (χ2n) is 6.00. The Morgan fingerprint density at radius 2 is 1.20 bits per heavy atom. The number of amidine groups is 4. The van der Waals surface area contributed by atoms with Gasteiger partial charge in [0.15, 0.2) is 6.67 Å². The largest absolute Gasteiger partial charge is 0.297 e. The van der Waals surface area contributed by atoms with Crippen LogP contribution in [-0.4, -0.2) is 49.1 Å². The Morgan fingerprint density at radius 3 is 1.76 bits per heavy atom. The molecular formula is C17H12N8+2. The lowest BCUT2D eigenvalue weighted by Gasteiger charge is -2.08. The monoisotopic (exact) mass is 328 g/mol. The standard InChI is InChI=1S/C17H10N8/c1-2-11-18-10(1)20-14-5-6-16-22-12-3-4-13(19-12)23-17-8-7-15(21-11)25(17)9-24(14)16/h1-8H,9H2/p+2. The first-order valence-corrected chi connectivity index (χ1v) is 7.96. The van der Waals surface area contributed by atoms with Gasteiger partial charge in [0.1, 0.15) is 0 Å². The van der Waals surface area contributed by atoms with Gasteiger partial charge in [-0.25, -0.2) is 0 Å². The molecular weight excluding hydrogens is 316 g/mol. The molecule has 0 saturated heterocycles. The van der Waals surface area contributed by atoms with E-state index in [1.54, 1.807) is 0 Å². The average molecular weight is 328 g/mol. The zero-order chi connectivity index (χ0) is 16.4. The summed E-state index contributed by atoms with van der Waals surface area (Å²) in [5.74, 6) is 4.84. The van der Waals surface area contributed by atoms with Crippen molar-refractivity contribution >= 4 is 35.0 Å². The third-order valence-corrected chi connectivity index (χ3v) is 4.40. The van der Waals surface area contributed by atoms with E-state index in [-0.39, 0.29) is 0 Å². The van der Waals surface area contributed by atoms with Gasteiger partial charge in [0, 0.05) is 48.6 Å². The molecule has 2 aromatic heterocycles. The number of H-pyrrole nitrogens is 2. The summed E-state index contributed by atoms with van der Waals surface area (Å²) in [6, 6.07) is 7.69. The van der Waals surface area contributed by atoms with Crippen molar-refractivity contribution in [1.29, 1.82) is 0 Å². The van der Waals surface area contributed by atoms with Gasteiger partial charge in [0.05, 0.1) is 0 Å². The number of aliphatic imine (C=N–C) groups is 2. The average Bonchev–Trinajstić information content (AvgIpc) is 3.37. The third kappa shape index (κ3) is 1.87. The fraction of sp³-hybridized carbons (Fsp3) is 0.0588. The number of aromatic nitrogens is 2. The summed E-state index contributed by atoms with van der Waals surface area (Å²) < 4.78 is 4.10. The Morgan fingerprint density at radius 1 is 0.640 bits per heavy atom. The van der Waals surface area contributed by atoms with E-state index in [0.29, 0.717) is 6.67 Å². The van der Waals surface area contributed by atoms with Crippen LogP contribution in [0.3, 0.4) is 0 Å². The molecule has 0 atom stereocenters. The Hall–Kier alpha value is -3.68. The van der Waals surface area contributed by atoms with Crippen LogP contribution in [0.2, 0.25) is 0 Å². The molecule has 6 bridgehead atoms. The van der Waals surface area contributed by atoms with Gasteiger partial charge in [-0.1, -0.05) is 20.0 Å². The van der Waals surface area contributed by atoms with Crippen molar-refractivity contribution in [1.82, 2.24) is 9.97 Å². The molecule has 6 rings (SSSR count). The third-order valence-electron chi connectivity index (χ3n) is 4.40. The minimum Gasteiger partial charge on any atom is -0.297 e. The summed E-state index contributed by atoms with van der Waals surface area (Å²) >= 11 is 0. The van der Waals surface area contributed by atoms with E-state index in [9.17, 15) is 0 Å². The van der Waals surface area contributed by atoms with E-state index in [0.717, 1.165) is 46.0 Å². The molecule has 0 aromatic carbocycles. The van der Waals surface area contributed by atoms with Crippen LogP contribution in [0.25, 0.3) is 0 Å². The quantitative estimate of drug-likeness (QED) is 0.651. The molecule has 4 aliphatic heterocycles. The van der Waals surface area contributed by atoms with Crippen molar-refractivity contribution in [3.05, 3.63) is 59.5 Å². The van der Waals surface area contributed by atoms with Crippen LogP contribution in [0.5, 0.6) is 0 Å². The molecule has 118 valence electrons. The Labute approximate surface area is 141 Å². The molecule has 0 aliphatic carbocycles. The SMILES string of the molecule is C1=CC2=[N+]3C[N+]4=C(C=CC4=Nc4ccc([nH]4)N=C13)N=c1ccc([nH]1)=N2. The van der Waals surface area contributed by atoms with Crippen molar-refractivity contribution in [3.8, 4) is 0 Å². The molecule has 0 amide bonds. The summed E-state index contributed by atoms with van der Waals surface area (Å²) in [7, 11) is 0. The fourth-order valence-electron chi connectivity index (χ4n) is 3.21. The topological polar surface area (TPSA) is 87.0 Å². The van der Waals surface area contributed by atoms with Gasteiger partial charge in [-0.05, 0) is 0 Å². The summed E-state index contributed by atoms with van der Waals surface area (Å²) in [6.07, 6.45) is 7.89. The van der Waals surface area contributed by atoms with E-state index in [1.165, 1.54) is 0 Å². The number of hydrogen-bond donors (Lipinski definition) is 2. The lowest BCUT2D eigenvalue weighted by Crippen LogP contribution is -2.35. The predicted octanol–water partition coefficient (Wildman–Crippen LogP) is 0.288. The molecule has 4 aliphatic rings. The minimum absolute atomic E-state index is 0.538. The molecule has 2 aromatic rings. The summed E-state index contributed by atoms with van der Waals surface area (Å²) in [4.78, 5) is 25.2.